The second kappa shape index (κ2) is 9.58. The number of hydrogen-bond donors (Lipinski definition) is 1. The molecule has 0 unspecified atom stereocenters. The summed E-state index contributed by atoms with van der Waals surface area (Å²) >= 11 is 0. The standard InChI is InChI=1S/C29H29N3O3/c1-4-20-11-13-21(14-12-20)28-25-10-7-17-31(25)24-9-6-5-8-22(24)19-32(28)29(33)30-23-15-16-26(34-2)27(18-23)35-3/h5-18,28H,4,19H2,1-3H3,(H,30,33)/t28-/m0/s1. The van der Waals surface area contributed by atoms with Crippen LogP contribution in [-0.4, -0.2) is 29.7 Å². The summed E-state index contributed by atoms with van der Waals surface area (Å²) in [4.78, 5) is 15.8. The Morgan fingerprint density at radius 3 is 2.46 bits per heavy atom. The van der Waals surface area contributed by atoms with E-state index >= 15 is 0 Å². The van der Waals surface area contributed by atoms with Crippen LogP contribution in [0.1, 0.15) is 35.3 Å². The van der Waals surface area contributed by atoms with Gasteiger partial charge in [-0.05, 0) is 53.4 Å². The Morgan fingerprint density at radius 2 is 1.71 bits per heavy atom. The number of methoxy groups -OCH3 is 2. The van der Waals surface area contributed by atoms with Crippen LogP contribution in [-0.2, 0) is 13.0 Å². The zero-order chi connectivity index (χ0) is 24.4. The van der Waals surface area contributed by atoms with Crippen LogP contribution in [0.15, 0.2) is 85.1 Å². The van der Waals surface area contributed by atoms with Gasteiger partial charge in [0.05, 0.1) is 32.5 Å². The number of anilines is 1. The minimum Gasteiger partial charge on any atom is -0.493 e. The first-order valence-corrected chi connectivity index (χ1v) is 11.8. The molecule has 2 amide bonds. The molecule has 1 aliphatic heterocycles. The lowest BCUT2D eigenvalue weighted by Crippen LogP contribution is -2.37. The number of amides is 2. The molecule has 3 aromatic carbocycles. The van der Waals surface area contributed by atoms with E-state index in [1.54, 1.807) is 26.4 Å². The molecule has 0 saturated heterocycles. The van der Waals surface area contributed by atoms with Crippen LogP contribution in [0.4, 0.5) is 10.5 Å². The molecule has 2 heterocycles. The summed E-state index contributed by atoms with van der Waals surface area (Å²) < 4.78 is 13.0. The van der Waals surface area contributed by atoms with E-state index in [9.17, 15) is 4.79 Å². The molecule has 0 aliphatic carbocycles. The Hall–Kier alpha value is -4.19. The van der Waals surface area contributed by atoms with Crippen molar-refractivity contribution in [2.75, 3.05) is 19.5 Å². The third-order valence-electron chi connectivity index (χ3n) is 6.56. The maximum absolute atomic E-state index is 13.9. The number of carbonyl (C=O) groups excluding carboxylic acids is 1. The third kappa shape index (κ3) is 4.23. The number of rotatable bonds is 5. The number of benzene rings is 3. The normalized spacial score (nSPS) is 14.5. The summed E-state index contributed by atoms with van der Waals surface area (Å²) in [6.45, 7) is 2.61. The number of aromatic nitrogens is 1. The molecule has 35 heavy (non-hydrogen) atoms. The van der Waals surface area contributed by atoms with E-state index in [0.717, 1.165) is 28.9 Å². The Bertz CT molecular complexity index is 1340. The lowest BCUT2D eigenvalue weighted by Gasteiger charge is -2.31. The first-order chi connectivity index (χ1) is 17.1. The number of para-hydroxylation sites is 1. The summed E-state index contributed by atoms with van der Waals surface area (Å²) in [5.74, 6) is 1.17. The molecule has 0 saturated carbocycles. The zero-order valence-electron chi connectivity index (χ0n) is 20.2. The van der Waals surface area contributed by atoms with Crippen LogP contribution in [0.2, 0.25) is 0 Å². The van der Waals surface area contributed by atoms with E-state index in [0.29, 0.717) is 23.7 Å². The SMILES string of the molecule is CCc1ccc([C@H]2c3cccn3-c3ccccc3CN2C(=O)Nc2ccc(OC)c(OC)c2)cc1. The van der Waals surface area contributed by atoms with Crippen molar-refractivity contribution in [3.05, 3.63) is 107 Å². The maximum Gasteiger partial charge on any atom is 0.322 e. The summed E-state index contributed by atoms with van der Waals surface area (Å²) in [5.41, 5.74) is 6.19. The van der Waals surface area contributed by atoms with Gasteiger partial charge in [0, 0.05) is 23.6 Å². The molecular weight excluding hydrogens is 438 g/mol. The van der Waals surface area contributed by atoms with E-state index in [2.05, 4.69) is 65.5 Å². The smallest absolute Gasteiger partial charge is 0.322 e. The lowest BCUT2D eigenvalue weighted by atomic mass is 10.00. The molecule has 0 radical (unpaired) electrons. The highest BCUT2D eigenvalue weighted by atomic mass is 16.5. The van der Waals surface area contributed by atoms with Crippen molar-refractivity contribution in [3.8, 4) is 17.2 Å². The van der Waals surface area contributed by atoms with E-state index < -0.39 is 0 Å². The van der Waals surface area contributed by atoms with Gasteiger partial charge in [0.2, 0.25) is 0 Å². The van der Waals surface area contributed by atoms with Gasteiger partial charge in [-0.3, -0.25) is 0 Å². The van der Waals surface area contributed by atoms with Crippen molar-refractivity contribution in [1.29, 1.82) is 0 Å². The largest absolute Gasteiger partial charge is 0.493 e. The highest BCUT2D eigenvalue weighted by Crippen LogP contribution is 2.37. The average Bonchev–Trinajstić information content (AvgIpc) is 3.33. The Morgan fingerprint density at radius 1 is 0.943 bits per heavy atom. The van der Waals surface area contributed by atoms with Crippen molar-refractivity contribution in [2.24, 2.45) is 0 Å². The molecule has 6 heteroatoms. The second-order valence-electron chi connectivity index (χ2n) is 8.56. The van der Waals surface area contributed by atoms with Crippen molar-refractivity contribution >= 4 is 11.7 Å². The number of urea groups is 1. The fraction of sp³-hybridized carbons (Fsp3) is 0.207. The number of nitrogens with one attached hydrogen (secondary N) is 1. The number of fused-ring (bicyclic) bond motifs is 3. The lowest BCUT2D eigenvalue weighted by molar-refractivity contribution is 0.194. The quantitative estimate of drug-likeness (QED) is 0.381. The van der Waals surface area contributed by atoms with Crippen molar-refractivity contribution in [1.82, 2.24) is 9.47 Å². The topological polar surface area (TPSA) is 55.7 Å². The monoisotopic (exact) mass is 467 g/mol. The van der Waals surface area contributed by atoms with Gasteiger partial charge in [0.25, 0.3) is 0 Å². The van der Waals surface area contributed by atoms with Gasteiger partial charge in [0.15, 0.2) is 11.5 Å². The summed E-state index contributed by atoms with van der Waals surface area (Å²) in [7, 11) is 3.17. The highest BCUT2D eigenvalue weighted by Gasteiger charge is 2.33. The van der Waals surface area contributed by atoms with E-state index in [4.69, 9.17) is 9.47 Å². The predicted molar refractivity (Wildman–Crippen MR) is 138 cm³/mol. The predicted octanol–water partition coefficient (Wildman–Crippen LogP) is 6.19. The third-order valence-corrected chi connectivity index (χ3v) is 6.56. The average molecular weight is 468 g/mol. The number of carbonyl (C=O) groups is 1. The van der Waals surface area contributed by atoms with Gasteiger partial charge in [-0.25, -0.2) is 4.79 Å². The Kier molecular flexibility index (Phi) is 6.19. The van der Waals surface area contributed by atoms with E-state index in [1.165, 1.54) is 5.56 Å². The summed E-state index contributed by atoms with van der Waals surface area (Å²) in [5, 5.41) is 3.08. The molecule has 1 atom stereocenters. The summed E-state index contributed by atoms with van der Waals surface area (Å²) in [6, 6.07) is 25.9. The maximum atomic E-state index is 13.9. The number of hydrogen-bond acceptors (Lipinski definition) is 3. The van der Waals surface area contributed by atoms with Gasteiger partial charge >= 0.3 is 6.03 Å². The first-order valence-electron chi connectivity index (χ1n) is 11.8. The molecular formula is C29H29N3O3. The number of nitrogens with zero attached hydrogens (tertiary/aromatic N) is 2. The molecule has 4 aromatic rings. The molecule has 0 bridgehead atoms. The highest BCUT2D eigenvalue weighted by molar-refractivity contribution is 5.90. The summed E-state index contributed by atoms with van der Waals surface area (Å²) in [6.07, 6.45) is 3.04. The van der Waals surface area contributed by atoms with Crippen LogP contribution in [0.3, 0.4) is 0 Å². The fourth-order valence-corrected chi connectivity index (χ4v) is 4.74. The van der Waals surface area contributed by atoms with Crippen LogP contribution >= 0.6 is 0 Å². The van der Waals surface area contributed by atoms with Crippen molar-refractivity contribution in [3.63, 3.8) is 0 Å². The van der Waals surface area contributed by atoms with Crippen LogP contribution < -0.4 is 14.8 Å². The Balaban J connectivity index is 1.58. The van der Waals surface area contributed by atoms with Gasteiger partial charge in [0.1, 0.15) is 0 Å². The van der Waals surface area contributed by atoms with Gasteiger partial charge in [-0.15, -0.1) is 0 Å². The molecule has 1 N–H and O–H groups in total. The first kappa shape index (κ1) is 22.6. The molecule has 1 aliphatic rings. The van der Waals surface area contributed by atoms with E-state index in [1.807, 2.05) is 29.2 Å². The second-order valence-corrected chi connectivity index (χ2v) is 8.56. The number of ether oxygens (including phenoxy) is 2. The number of aryl methyl sites for hydroxylation is 1. The molecule has 1 aromatic heterocycles. The van der Waals surface area contributed by atoms with Crippen LogP contribution in [0.5, 0.6) is 11.5 Å². The molecule has 0 spiro atoms. The minimum atomic E-state index is -0.261. The molecule has 6 nitrogen and oxygen atoms in total. The fourth-order valence-electron chi connectivity index (χ4n) is 4.74. The van der Waals surface area contributed by atoms with Gasteiger partial charge in [-0.1, -0.05) is 49.4 Å². The molecule has 0 fully saturated rings. The van der Waals surface area contributed by atoms with Crippen molar-refractivity contribution in [2.45, 2.75) is 25.9 Å². The zero-order valence-corrected chi connectivity index (χ0v) is 20.2. The van der Waals surface area contributed by atoms with Gasteiger partial charge < -0.3 is 24.3 Å². The van der Waals surface area contributed by atoms with Crippen LogP contribution in [0, 0.1) is 0 Å². The van der Waals surface area contributed by atoms with Crippen LogP contribution in [0.25, 0.3) is 5.69 Å². The minimum absolute atomic E-state index is 0.189. The van der Waals surface area contributed by atoms with Gasteiger partial charge in [-0.2, -0.15) is 0 Å². The Labute approximate surface area is 205 Å². The van der Waals surface area contributed by atoms with Crippen molar-refractivity contribution < 1.29 is 14.3 Å². The molecule has 5 rings (SSSR count). The molecule has 178 valence electrons. The van der Waals surface area contributed by atoms with E-state index in [-0.39, 0.29) is 12.1 Å².